The highest BCUT2D eigenvalue weighted by molar-refractivity contribution is 5.87. The van der Waals surface area contributed by atoms with Crippen LogP contribution in [0, 0.1) is 5.82 Å². The van der Waals surface area contributed by atoms with Crippen LogP contribution in [0.5, 0.6) is 0 Å². The molecule has 2 rings (SSSR count). The lowest BCUT2D eigenvalue weighted by atomic mass is 9.99. The van der Waals surface area contributed by atoms with Gasteiger partial charge in [-0.15, -0.1) is 0 Å². The molecule has 5 nitrogen and oxygen atoms in total. The molecule has 2 atom stereocenters. The minimum atomic E-state index is -0.994. The van der Waals surface area contributed by atoms with Crippen molar-refractivity contribution in [2.75, 3.05) is 6.54 Å². The summed E-state index contributed by atoms with van der Waals surface area (Å²) in [6.45, 7) is 3.23. The number of carbonyl (C=O) groups excluding carboxylic acids is 1. The summed E-state index contributed by atoms with van der Waals surface area (Å²) >= 11 is 0. The maximum Gasteiger partial charge on any atom is 0.326 e. The van der Waals surface area contributed by atoms with Gasteiger partial charge in [0.1, 0.15) is 11.9 Å². The van der Waals surface area contributed by atoms with Crippen LogP contribution in [0.25, 0.3) is 0 Å². The summed E-state index contributed by atoms with van der Waals surface area (Å²) < 4.78 is 13.0. The van der Waals surface area contributed by atoms with Crippen molar-refractivity contribution in [3.63, 3.8) is 0 Å². The lowest BCUT2D eigenvalue weighted by Gasteiger charge is -2.35. The number of halogens is 1. The molecule has 1 amide bonds. The fraction of sp³-hybridized carbons (Fsp3) is 0.556. The lowest BCUT2D eigenvalue weighted by molar-refractivity contribution is -0.143. The van der Waals surface area contributed by atoms with Crippen molar-refractivity contribution >= 4 is 11.9 Å². The first kappa shape index (κ1) is 18.4. The van der Waals surface area contributed by atoms with Gasteiger partial charge in [0.05, 0.1) is 6.04 Å². The molecule has 1 saturated heterocycles. The number of nitrogens with zero attached hydrogens (tertiary/aromatic N) is 1. The zero-order valence-corrected chi connectivity index (χ0v) is 14.0. The monoisotopic (exact) mass is 336 g/mol. The van der Waals surface area contributed by atoms with Crippen LogP contribution in [0.4, 0.5) is 4.39 Å². The molecule has 2 unspecified atom stereocenters. The van der Waals surface area contributed by atoms with E-state index in [2.05, 4.69) is 10.2 Å². The normalized spacial score (nSPS) is 19.7. The average Bonchev–Trinajstić information content (AvgIpc) is 2.57. The molecule has 0 spiro atoms. The van der Waals surface area contributed by atoms with E-state index in [4.69, 9.17) is 0 Å². The molecule has 2 N–H and O–H groups in total. The third kappa shape index (κ3) is 5.03. The smallest absolute Gasteiger partial charge is 0.326 e. The van der Waals surface area contributed by atoms with Crippen molar-refractivity contribution in [2.24, 2.45) is 0 Å². The molecule has 24 heavy (non-hydrogen) atoms. The summed E-state index contributed by atoms with van der Waals surface area (Å²) in [4.78, 5) is 25.9. The van der Waals surface area contributed by atoms with E-state index in [0.29, 0.717) is 25.8 Å². The van der Waals surface area contributed by atoms with Crippen LogP contribution in [0.15, 0.2) is 24.3 Å². The Labute approximate surface area is 141 Å². The molecule has 0 bridgehead atoms. The summed E-state index contributed by atoms with van der Waals surface area (Å²) in [6.07, 6.45) is 3.78. The number of nitrogens with one attached hydrogen (secondary N) is 1. The number of benzene rings is 1. The molecular formula is C18H25FN2O3. The predicted molar refractivity (Wildman–Crippen MR) is 88.9 cm³/mol. The molecule has 1 aliphatic heterocycles. The molecule has 0 aliphatic carbocycles. The van der Waals surface area contributed by atoms with Crippen molar-refractivity contribution < 1.29 is 19.1 Å². The van der Waals surface area contributed by atoms with E-state index in [1.807, 2.05) is 6.92 Å². The van der Waals surface area contributed by atoms with Crippen molar-refractivity contribution in [1.82, 2.24) is 10.2 Å². The molecule has 1 aliphatic rings. The van der Waals surface area contributed by atoms with E-state index >= 15 is 0 Å². The predicted octanol–water partition coefficient (Wildman–Crippen LogP) is 2.55. The van der Waals surface area contributed by atoms with E-state index in [9.17, 15) is 19.1 Å². The van der Waals surface area contributed by atoms with Crippen molar-refractivity contribution in [2.45, 2.75) is 57.7 Å². The number of aliphatic carboxylic acids is 1. The Kier molecular flexibility index (Phi) is 6.73. The molecule has 1 aromatic rings. The van der Waals surface area contributed by atoms with Crippen LogP contribution in [0.1, 0.15) is 44.6 Å². The Bertz CT molecular complexity index is 562. The Morgan fingerprint density at radius 3 is 2.67 bits per heavy atom. The van der Waals surface area contributed by atoms with Crippen LogP contribution < -0.4 is 5.32 Å². The van der Waals surface area contributed by atoms with Gasteiger partial charge in [-0.3, -0.25) is 9.69 Å². The van der Waals surface area contributed by atoms with Gasteiger partial charge in [-0.25, -0.2) is 9.18 Å². The lowest BCUT2D eigenvalue weighted by Crippen LogP contribution is -2.53. The third-order valence-electron chi connectivity index (χ3n) is 4.41. The first-order valence-electron chi connectivity index (χ1n) is 8.53. The number of hydrogen-bond donors (Lipinski definition) is 2. The number of amides is 1. The van der Waals surface area contributed by atoms with Gasteiger partial charge in [-0.1, -0.05) is 31.9 Å². The molecule has 1 heterocycles. The molecule has 0 aromatic heterocycles. The van der Waals surface area contributed by atoms with Crippen molar-refractivity contribution in [1.29, 1.82) is 0 Å². The average molecular weight is 336 g/mol. The fourth-order valence-corrected chi connectivity index (χ4v) is 3.12. The van der Waals surface area contributed by atoms with Crippen LogP contribution in [0.3, 0.4) is 0 Å². The summed E-state index contributed by atoms with van der Waals surface area (Å²) in [5.74, 6) is -1.50. The Morgan fingerprint density at radius 2 is 2.04 bits per heavy atom. The van der Waals surface area contributed by atoms with E-state index in [0.717, 1.165) is 24.9 Å². The van der Waals surface area contributed by atoms with Gasteiger partial charge < -0.3 is 10.4 Å². The van der Waals surface area contributed by atoms with Gasteiger partial charge >= 0.3 is 5.97 Å². The fourth-order valence-electron chi connectivity index (χ4n) is 3.12. The zero-order valence-electron chi connectivity index (χ0n) is 14.0. The molecular weight excluding hydrogens is 311 g/mol. The van der Waals surface area contributed by atoms with Gasteiger partial charge in [-0.05, 0) is 43.5 Å². The quantitative estimate of drug-likeness (QED) is 0.803. The van der Waals surface area contributed by atoms with E-state index in [-0.39, 0.29) is 17.8 Å². The molecule has 1 fully saturated rings. The molecule has 0 radical (unpaired) electrons. The number of piperidine rings is 1. The first-order chi connectivity index (χ1) is 11.5. The van der Waals surface area contributed by atoms with E-state index in [1.165, 1.54) is 12.1 Å². The van der Waals surface area contributed by atoms with Crippen LogP contribution in [-0.4, -0.2) is 40.5 Å². The number of carbonyl (C=O) groups is 2. The maximum absolute atomic E-state index is 13.0. The second kappa shape index (κ2) is 8.78. The minimum absolute atomic E-state index is 0.224. The summed E-state index contributed by atoms with van der Waals surface area (Å²) in [5, 5.41) is 11.9. The number of likely N-dealkylation sites (tertiary alicyclic amines) is 1. The van der Waals surface area contributed by atoms with Crippen LogP contribution in [0.2, 0.25) is 0 Å². The Balaban J connectivity index is 2.03. The third-order valence-corrected chi connectivity index (χ3v) is 4.41. The second-order valence-electron chi connectivity index (χ2n) is 6.30. The van der Waals surface area contributed by atoms with Gasteiger partial charge in [-0.2, -0.15) is 0 Å². The SMILES string of the molecule is CCCC(NC(=O)C1CCCCN1Cc1ccc(F)cc1)C(=O)O. The molecule has 1 aromatic carbocycles. The summed E-state index contributed by atoms with van der Waals surface area (Å²) in [5.41, 5.74) is 0.944. The number of carboxylic acid groups (broad SMARTS) is 1. The number of carboxylic acids is 1. The molecule has 6 heteroatoms. The zero-order chi connectivity index (χ0) is 17.5. The van der Waals surface area contributed by atoms with Crippen molar-refractivity contribution in [3.05, 3.63) is 35.6 Å². The van der Waals surface area contributed by atoms with E-state index < -0.39 is 12.0 Å². The van der Waals surface area contributed by atoms with Gasteiger partial charge in [0.15, 0.2) is 0 Å². The van der Waals surface area contributed by atoms with Crippen LogP contribution >= 0.6 is 0 Å². The largest absolute Gasteiger partial charge is 0.480 e. The Morgan fingerprint density at radius 1 is 1.33 bits per heavy atom. The number of hydrogen-bond acceptors (Lipinski definition) is 3. The van der Waals surface area contributed by atoms with Gasteiger partial charge in [0.2, 0.25) is 5.91 Å². The Hall–Kier alpha value is -1.95. The van der Waals surface area contributed by atoms with Gasteiger partial charge in [0.25, 0.3) is 0 Å². The minimum Gasteiger partial charge on any atom is -0.480 e. The summed E-state index contributed by atoms with van der Waals surface area (Å²) in [7, 11) is 0. The highest BCUT2D eigenvalue weighted by Gasteiger charge is 2.31. The second-order valence-corrected chi connectivity index (χ2v) is 6.30. The maximum atomic E-state index is 13.0. The summed E-state index contributed by atoms with van der Waals surface area (Å²) in [6, 6.07) is 5.10. The molecule has 0 saturated carbocycles. The van der Waals surface area contributed by atoms with E-state index in [1.54, 1.807) is 12.1 Å². The number of rotatable bonds is 7. The highest BCUT2D eigenvalue weighted by Crippen LogP contribution is 2.20. The highest BCUT2D eigenvalue weighted by atomic mass is 19.1. The first-order valence-corrected chi connectivity index (χ1v) is 8.53. The van der Waals surface area contributed by atoms with Crippen LogP contribution in [-0.2, 0) is 16.1 Å². The van der Waals surface area contributed by atoms with Gasteiger partial charge in [0, 0.05) is 6.54 Å². The topological polar surface area (TPSA) is 69.6 Å². The van der Waals surface area contributed by atoms with Crippen molar-refractivity contribution in [3.8, 4) is 0 Å². The molecule has 132 valence electrons. The standard InChI is InChI=1S/C18H25FN2O3/c1-2-5-15(18(23)24)20-17(22)16-6-3-4-11-21(16)12-13-7-9-14(19)10-8-13/h7-10,15-16H,2-6,11-12H2,1H3,(H,20,22)(H,23,24).